The molecule has 0 unspecified atom stereocenters. The monoisotopic (exact) mass is 805 g/mol. The molecule has 0 spiro atoms. The molecule has 2 aromatic carbocycles. The van der Waals surface area contributed by atoms with Gasteiger partial charge in [0.25, 0.3) is 0 Å². The van der Waals surface area contributed by atoms with E-state index < -0.39 is 0 Å². The fourth-order valence-electron chi connectivity index (χ4n) is 7.79. The first-order valence-electron chi connectivity index (χ1n) is 24.4. The van der Waals surface area contributed by atoms with Gasteiger partial charge in [-0.15, -0.1) is 6.42 Å². The van der Waals surface area contributed by atoms with Crippen LogP contribution >= 0.6 is 0 Å². The number of nitrogens with zero attached hydrogens (tertiary/aromatic N) is 2. The van der Waals surface area contributed by atoms with Gasteiger partial charge in [0.05, 0.1) is 17.1 Å². The Kier molecular flexibility index (Phi) is 30.5. The first-order valence-corrected chi connectivity index (χ1v) is 24.4. The number of hydrogen-bond acceptors (Lipinski definition) is 2. The highest BCUT2D eigenvalue weighted by Crippen LogP contribution is 2.29. The predicted octanol–water partition coefficient (Wildman–Crippen LogP) is 16.0. The van der Waals surface area contributed by atoms with Gasteiger partial charge in [-0.05, 0) is 170 Å². The summed E-state index contributed by atoms with van der Waals surface area (Å²) in [6, 6.07) is 9.20. The number of rotatable bonds is 31. The summed E-state index contributed by atoms with van der Waals surface area (Å²) in [6.07, 6.45) is 42.0. The summed E-state index contributed by atoms with van der Waals surface area (Å²) in [5, 5.41) is 0. The van der Waals surface area contributed by atoms with Gasteiger partial charge in [0.2, 0.25) is 0 Å². The van der Waals surface area contributed by atoms with E-state index in [2.05, 4.69) is 119 Å². The maximum Gasteiger partial charge on any atom is 0.0649 e. The van der Waals surface area contributed by atoms with Crippen LogP contribution in [0.4, 0.5) is 11.4 Å². The van der Waals surface area contributed by atoms with Crippen LogP contribution in [0, 0.1) is 59.7 Å². The van der Waals surface area contributed by atoms with Crippen molar-refractivity contribution < 1.29 is 0 Å². The van der Waals surface area contributed by atoms with E-state index in [4.69, 9.17) is 16.4 Å². The lowest BCUT2D eigenvalue weighted by Crippen LogP contribution is -2.03. The van der Waals surface area contributed by atoms with Crippen LogP contribution in [0.3, 0.4) is 0 Å². The minimum Gasteiger partial charge on any atom is -0.255 e. The molecular formula is C58H80N2. The average Bonchev–Trinajstić information content (AvgIpc) is 3.26. The number of terminal acetylenes is 1. The largest absolute Gasteiger partial charge is 0.255 e. The molecule has 0 aliphatic heterocycles. The standard InChI is InChI=1S/C58H80N2/c1-8-15-21-23-25-27-28-29-30-31-32-34-36-38-44-58-52(41-19-12-5)47-56(48-53(58)42-37-35-33-26-24-22-16-9-2)60-54(14-7)49-59-55-45-50(39-17-10-3)57(43-20-13-6)51(46-55)40-18-11-4/h2,45-49H,8,10-15,17-21,23,25,27-32,34,36,38-41,43-44H2,1,3-7H3. The fraction of sp³-hybridized carbons (Fsp3) is 0.586. The van der Waals surface area contributed by atoms with Crippen LogP contribution in [0.25, 0.3) is 0 Å². The predicted molar refractivity (Wildman–Crippen MR) is 266 cm³/mol. The smallest absolute Gasteiger partial charge is 0.0649 e. The summed E-state index contributed by atoms with van der Waals surface area (Å²) in [5.74, 6) is 25.0. The van der Waals surface area contributed by atoms with Gasteiger partial charge in [0.1, 0.15) is 0 Å². The molecule has 0 fully saturated rings. The van der Waals surface area contributed by atoms with Crippen LogP contribution in [-0.2, 0) is 32.1 Å². The van der Waals surface area contributed by atoms with Gasteiger partial charge in [-0.1, -0.05) is 157 Å². The molecule has 0 aliphatic carbocycles. The molecule has 2 nitrogen and oxygen atoms in total. The first kappa shape index (κ1) is 51.7. The lowest BCUT2D eigenvalue weighted by Gasteiger charge is -2.16. The molecule has 2 rings (SSSR count). The van der Waals surface area contributed by atoms with Gasteiger partial charge in [0.15, 0.2) is 0 Å². The van der Waals surface area contributed by atoms with Crippen molar-refractivity contribution >= 4 is 23.3 Å². The zero-order valence-electron chi connectivity index (χ0n) is 39.2. The number of hydrogen-bond donors (Lipinski definition) is 0. The Morgan fingerprint density at radius 1 is 0.450 bits per heavy atom. The molecule has 0 atom stereocenters. The van der Waals surface area contributed by atoms with E-state index in [1.165, 1.54) is 157 Å². The first-order chi connectivity index (χ1) is 29.5. The summed E-state index contributed by atoms with van der Waals surface area (Å²) in [5.41, 5.74) is 11.3. The summed E-state index contributed by atoms with van der Waals surface area (Å²) < 4.78 is 0. The zero-order chi connectivity index (χ0) is 43.3. The van der Waals surface area contributed by atoms with Crippen LogP contribution in [-0.4, -0.2) is 11.9 Å². The van der Waals surface area contributed by atoms with Crippen molar-refractivity contribution in [1.29, 1.82) is 0 Å². The van der Waals surface area contributed by atoms with E-state index in [1.54, 1.807) is 5.56 Å². The second kappa shape index (κ2) is 35.3. The van der Waals surface area contributed by atoms with Crippen LogP contribution < -0.4 is 0 Å². The summed E-state index contributed by atoms with van der Waals surface area (Å²) in [4.78, 5) is 10.3. The molecule has 0 heterocycles. The quantitative estimate of drug-likeness (QED) is 0.0412. The van der Waals surface area contributed by atoms with Crippen molar-refractivity contribution in [2.24, 2.45) is 9.98 Å². The third-order valence-corrected chi connectivity index (χ3v) is 11.3. The third kappa shape index (κ3) is 22.8. The molecule has 0 amide bonds. The molecule has 0 aliphatic rings. The van der Waals surface area contributed by atoms with Crippen LogP contribution in [0.1, 0.15) is 223 Å². The molecule has 0 radical (unpaired) electrons. The highest BCUT2D eigenvalue weighted by molar-refractivity contribution is 6.31. The molecule has 2 aromatic rings. The second-order valence-corrected chi connectivity index (χ2v) is 16.5. The summed E-state index contributed by atoms with van der Waals surface area (Å²) in [7, 11) is 0. The highest BCUT2D eigenvalue weighted by atomic mass is 14.8. The number of aliphatic imine (C=N–C) groups is 2. The Morgan fingerprint density at radius 3 is 1.37 bits per heavy atom. The molecular weight excluding hydrogens is 725 g/mol. The molecule has 2 heteroatoms. The van der Waals surface area contributed by atoms with Crippen molar-refractivity contribution in [1.82, 2.24) is 0 Å². The van der Waals surface area contributed by atoms with Gasteiger partial charge in [-0.25, -0.2) is 0 Å². The van der Waals surface area contributed by atoms with E-state index in [9.17, 15) is 0 Å². The van der Waals surface area contributed by atoms with E-state index in [1.807, 2.05) is 6.21 Å². The van der Waals surface area contributed by atoms with Gasteiger partial charge >= 0.3 is 0 Å². The molecule has 60 heavy (non-hydrogen) atoms. The Labute approximate surface area is 370 Å². The zero-order valence-corrected chi connectivity index (χ0v) is 39.2. The molecule has 0 saturated heterocycles. The van der Waals surface area contributed by atoms with Crippen LogP contribution in [0.2, 0.25) is 0 Å². The average molecular weight is 805 g/mol. The van der Waals surface area contributed by atoms with Gasteiger partial charge in [0, 0.05) is 11.8 Å². The minimum atomic E-state index is 0.794. The van der Waals surface area contributed by atoms with Crippen LogP contribution in [0.15, 0.2) is 34.3 Å². The molecule has 322 valence electrons. The van der Waals surface area contributed by atoms with Gasteiger partial charge in [-0.2, -0.15) is 0 Å². The number of aryl methyl sites for hydroxylation is 3. The third-order valence-electron chi connectivity index (χ3n) is 11.3. The van der Waals surface area contributed by atoms with Crippen molar-refractivity contribution in [2.45, 2.75) is 221 Å². The maximum absolute atomic E-state index is 5.23. The number of unbranched alkanes of at least 4 members (excludes halogenated alkanes) is 17. The highest BCUT2D eigenvalue weighted by Gasteiger charge is 2.13. The van der Waals surface area contributed by atoms with Crippen molar-refractivity contribution in [3.63, 3.8) is 0 Å². The van der Waals surface area contributed by atoms with E-state index in [0.717, 1.165) is 67.6 Å². The fourth-order valence-corrected chi connectivity index (χ4v) is 7.79. The van der Waals surface area contributed by atoms with E-state index in [-0.39, 0.29) is 0 Å². The Morgan fingerprint density at radius 2 is 0.867 bits per heavy atom. The van der Waals surface area contributed by atoms with E-state index in [0.29, 0.717) is 0 Å². The minimum absolute atomic E-state index is 0.794. The second-order valence-electron chi connectivity index (χ2n) is 16.5. The summed E-state index contributed by atoms with van der Waals surface area (Å²) >= 11 is 0. The molecule has 0 bridgehead atoms. The van der Waals surface area contributed by atoms with Crippen LogP contribution in [0.5, 0.6) is 0 Å². The Balaban J connectivity index is 2.37. The van der Waals surface area contributed by atoms with Crippen molar-refractivity contribution in [3.05, 3.63) is 57.6 Å². The van der Waals surface area contributed by atoms with Gasteiger partial charge < -0.3 is 0 Å². The van der Waals surface area contributed by atoms with Gasteiger partial charge in [-0.3, -0.25) is 9.98 Å². The molecule has 0 N–H and O–H groups in total. The molecule has 0 aromatic heterocycles. The van der Waals surface area contributed by atoms with Crippen molar-refractivity contribution in [2.75, 3.05) is 0 Å². The summed E-state index contributed by atoms with van der Waals surface area (Å²) in [6.45, 7) is 13.6. The SMILES string of the molecule is C#CC#CC#CC#CC#Cc1cc(N=C(C=Nc2cc(CCCC)c(CCCC)c(CCCC)c2)CC)cc(CCCC)c1CCCCCCCCCCCCCCCC. The van der Waals surface area contributed by atoms with E-state index >= 15 is 0 Å². The number of benzene rings is 2. The maximum atomic E-state index is 5.23. The Hall–Kier alpha value is -4.42. The lowest BCUT2D eigenvalue weighted by molar-refractivity contribution is 0.535. The topological polar surface area (TPSA) is 24.7 Å². The molecule has 0 saturated carbocycles. The normalized spacial score (nSPS) is 10.8. The van der Waals surface area contributed by atoms with Crippen molar-refractivity contribution in [3.8, 4) is 59.7 Å². The Bertz CT molecular complexity index is 1840. The lowest BCUT2D eigenvalue weighted by atomic mass is 9.90.